The maximum atomic E-state index is 11.7. The van der Waals surface area contributed by atoms with Gasteiger partial charge in [-0.2, -0.15) is 0 Å². The number of nitrogens with zero attached hydrogens (tertiary/aromatic N) is 3. The van der Waals surface area contributed by atoms with Crippen molar-refractivity contribution in [2.45, 2.75) is 64.3 Å². The van der Waals surface area contributed by atoms with Gasteiger partial charge in [-0.15, -0.1) is 0 Å². The number of rotatable bonds is 7. The number of carbonyl (C=O) groups is 1. The largest absolute Gasteiger partial charge is 0.497 e. The summed E-state index contributed by atoms with van der Waals surface area (Å²) in [7, 11) is 1.60. The molecule has 1 aromatic carbocycles. The van der Waals surface area contributed by atoms with E-state index < -0.39 is 0 Å². The Morgan fingerprint density at radius 2 is 2.07 bits per heavy atom. The highest BCUT2D eigenvalue weighted by molar-refractivity contribution is 5.76. The monoisotopic (exact) mass is 371 g/mol. The van der Waals surface area contributed by atoms with Crippen molar-refractivity contribution in [2.75, 3.05) is 13.7 Å². The molecule has 0 unspecified atom stereocenters. The van der Waals surface area contributed by atoms with Crippen molar-refractivity contribution in [3.05, 3.63) is 23.9 Å². The summed E-state index contributed by atoms with van der Waals surface area (Å²) in [5.41, 5.74) is 2.05. The fourth-order valence-corrected chi connectivity index (χ4v) is 3.92. The zero-order valence-corrected chi connectivity index (χ0v) is 16.3. The maximum Gasteiger partial charge on any atom is 0.233 e. The van der Waals surface area contributed by atoms with E-state index in [1.807, 2.05) is 17.0 Å². The van der Waals surface area contributed by atoms with Crippen molar-refractivity contribution in [1.82, 2.24) is 14.9 Å². The van der Waals surface area contributed by atoms with Crippen LogP contribution in [-0.2, 0) is 11.2 Å². The van der Waals surface area contributed by atoms with Gasteiger partial charge >= 0.3 is 0 Å². The Kier molecular flexibility index (Phi) is 6.48. The second-order valence-electron chi connectivity index (χ2n) is 7.31. The second kappa shape index (κ2) is 9.02. The second-order valence-corrected chi connectivity index (χ2v) is 7.31. The van der Waals surface area contributed by atoms with Gasteiger partial charge in [0, 0.05) is 25.6 Å². The van der Waals surface area contributed by atoms with Crippen molar-refractivity contribution < 1.29 is 14.6 Å². The Morgan fingerprint density at radius 1 is 1.22 bits per heavy atom. The van der Waals surface area contributed by atoms with Crippen molar-refractivity contribution in [3.8, 4) is 11.6 Å². The molecule has 0 radical (unpaired) electrons. The van der Waals surface area contributed by atoms with Gasteiger partial charge in [0.05, 0.1) is 18.1 Å². The first-order chi connectivity index (χ1) is 13.1. The minimum absolute atomic E-state index is 0.00536. The van der Waals surface area contributed by atoms with E-state index in [0.29, 0.717) is 29.4 Å². The van der Waals surface area contributed by atoms with Crippen molar-refractivity contribution in [3.63, 3.8) is 0 Å². The minimum Gasteiger partial charge on any atom is -0.497 e. The lowest BCUT2D eigenvalue weighted by molar-refractivity contribution is -0.132. The Labute approximate surface area is 160 Å². The first-order valence-electron chi connectivity index (χ1n) is 9.89. The summed E-state index contributed by atoms with van der Waals surface area (Å²) >= 11 is 0. The molecule has 27 heavy (non-hydrogen) atoms. The number of piperidine rings is 1. The molecule has 1 amide bonds. The third-order valence-electron chi connectivity index (χ3n) is 5.40. The van der Waals surface area contributed by atoms with Crippen LogP contribution in [0.2, 0.25) is 0 Å². The third kappa shape index (κ3) is 4.87. The Bertz CT molecular complexity index is 794. The summed E-state index contributed by atoms with van der Waals surface area (Å²) < 4.78 is 5.18. The van der Waals surface area contributed by atoms with E-state index in [0.717, 1.165) is 50.6 Å². The van der Waals surface area contributed by atoms with Crippen LogP contribution >= 0.6 is 0 Å². The SMILES string of the molecule is COc1ccc2nc(CCCCC[C@H]3CCCCN3C(C)=O)c(O)nc2c1. The van der Waals surface area contributed by atoms with Gasteiger partial charge in [0.1, 0.15) is 11.4 Å². The number of aromatic nitrogens is 2. The Hall–Kier alpha value is -2.37. The van der Waals surface area contributed by atoms with E-state index in [9.17, 15) is 9.90 Å². The highest BCUT2D eigenvalue weighted by Crippen LogP contribution is 2.24. The summed E-state index contributed by atoms with van der Waals surface area (Å²) in [6.45, 7) is 2.58. The molecule has 0 aliphatic carbocycles. The molecule has 3 rings (SSSR count). The first-order valence-corrected chi connectivity index (χ1v) is 9.89. The summed E-state index contributed by atoms with van der Waals surface area (Å²) in [4.78, 5) is 22.6. The smallest absolute Gasteiger partial charge is 0.233 e. The number of hydrogen-bond donors (Lipinski definition) is 1. The highest BCUT2D eigenvalue weighted by Gasteiger charge is 2.23. The van der Waals surface area contributed by atoms with Crippen LogP contribution in [0.25, 0.3) is 11.0 Å². The summed E-state index contributed by atoms with van der Waals surface area (Å²) in [5, 5.41) is 10.2. The average Bonchev–Trinajstić information content (AvgIpc) is 2.67. The quantitative estimate of drug-likeness (QED) is 0.748. The van der Waals surface area contributed by atoms with E-state index >= 15 is 0 Å². The number of aryl methyl sites for hydroxylation is 1. The van der Waals surface area contributed by atoms with E-state index in [-0.39, 0.29) is 11.8 Å². The number of hydrogen-bond acceptors (Lipinski definition) is 5. The van der Waals surface area contributed by atoms with Gasteiger partial charge in [0.2, 0.25) is 11.8 Å². The predicted molar refractivity (Wildman–Crippen MR) is 105 cm³/mol. The van der Waals surface area contributed by atoms with Crippen LogP contribution in [0.3, 0.4) is 0 Å². The standard InChI is InChI=1S/C21H29N3O3/c1-15(25)24-13-7-6-9-16(24)8-4-3-5-10-19-21(26)23-20-14-17(27-2)11-12-18(20)22-19/h11-12,14,16H,3-10,13H2,1-2H3,(H,23,26)/t16-/m0/s1. The summed E-state index contributed by atoms with van der Waals surface area (Å²) in [6, 6.07) is 5.89. The number of fused-ring (bicyclic) bond motifs is 1. The van der Waals surface area contributed by atoms with Crippen molar-refractivity contribution in [2.24, 2.45) is 0 Å². The average molecular weight is 371 g/mol. The minimum atomic E-state index is 0.00536. The molecule has 2 aromatic rings. The number of benzene rings is 1. The van der Waals surface area contributed by atoms with Crippen LogP contribution in [0.4, 0.5) is 0 Å². The van der Waals surface area contributed by atoms with Gasteiger partial charge < -0.3 is 14.7 Å². The number of carbonyl (C=O) groups excluding carboxylic acids is 1. The number of unbranched alkanes of at least 4 members (excludes halogenated alkanes) is 2. The van der Waals surface area contributed by atoms with Crippen LogP contribution in [0.5, 0.6) is 11.6 Å². The van der Waals surface area contributed by atoms with Crippen LogP contribution in [-0.4, -0.2) is 45.6 Å². The van der Waals surface area contributed by atoms with E-state index in [4.69, 9.17) is 4.74 Å². The van der Waals surface area contributed by atoms with Gasteiger partial charge in [0.15, 0.2) is 0 Å². The predicted octanol–water partition coefficient (Wildman–Crippen LogP) is 3.85. The molecule has 2 heterocycles. The normalized spacial score (nSPS) is 17.3. The number of methoxy groups -OCH3 is 1. The molecule has 6 heteroatoms. The third-order valence-corrected chi connectivity index (χ3v) is 5.40. The van der Waals surface area contributed by atoms with E-state index in [1.54, 1.807) is 20.1 Å². The van der Waals surface area contributed by atoms with Gasteiger partial charge in [-0.05, 0) is 50.7 Å². The highest BCUT2D eigenvalue weighted by atomic mass is 16.5. The van der Waals surface area contributed by atoms with Gasteiger partial charge in [-0.25, -0.2) is 9.97 Å². The fraction of sp³-hybridized carbons (Fsp3) is 0.571. The zero-order valence-electron chi connectivity index (χ0n) is 16.3. The number of ether oxygens (including phenoxy) is 1. The summed E-state index contributed by atoms with van der Waals surface area (Å²) in [6.07, 6.45) is 8.35. The lowest BCUT2D eigenvalue weighted by atomic mass is 9.96. The molecule has 1 aliphatic heterocycles. The number of aromatic hydroxyl groups is 1. The maximum absolute atomic E-state index is 11.7. The molecule has 1 aromatic heterocycles. The molecular formula is C21H29N3O3. The van der Waals surface area contributed by atoms with E-state index in [1.165, 1.54) is 6.42 Å². The Morgan fingerprint density at radius 3 is 2.85 bits per heavy atom. The molecule has 0 spiro atoms. The summed E-state index contributed by atoms with van der Waals surface area (Å²) in [5.74, 6) is 0.907. The molecule has 1 atom stereocenters. The first kappa shape index (κ1) is 19.4. The van der Waals surface area contributed by atoms with Gasteiger partial charge in [0.25, 0.3) is 0 Å². The lowest BCUT2D eigenvalue weighted by Crippen LogP contribution is -2.42. The fourth-order valence-electron chi connectivity index (χ4n) is 3.92. The number of likely N-dealkylation sites (tertiary alicyclic amines) is 1. The molecular weight excluding hydrogens is 342 g/mol. The topological polar surface area (TPSA) is 75.5 Å². The van der Waals surface area contributed by atoms with Crippen LogP contribution in [0, 0.1) is 0 Å². The molecule has 1 N–H and O–H groups in total. The lowest BCUT2D eigenvalue weighted by Gasteiger charge is -2.35. The van der Waals surface area contributed by atoms with Crippen molar-refractivity contribution >= 4 is 16.9 Å². The number of amides is 1. The molecule has 0 saturated carbocycles. The zero-order chi connectivity index (χ0) is 19.2. The van der Waals surface area contributed by atoms with Crippen LogP contribution in [0.1, 0.15) is 57.6 Å². The van der Waals surface area contributed by atoms with Crippen LogP contribution < -0.4 is 4.74 Å². The molecule has 0 bridgehead atoms. The molecule has 1 saturated heterocycles. The van der Waals surface area contributed by atoms with E-state index in [2.05, 4.69) is 9.97 Å². The molecule has 6 nitrogen and oxygen atoms in total. The molecule has 146 valence electrons. The molecule has 1 fully saturated rings. The molecule has 1 aliphatic rings. The van der Waals surface area contributed by atoms with Crippen molar-refractivity contribution in [1.29, 1.82) is 0 Å². The Balaban J connectivity index is 1.50. The van der Waals surface area contributed by atoms with Gasteiger partial charge in [-0.3, -0.25) is 4.79 Å². The van der Waals surface area contributed by atoms with Crippen LogP contribution in [0.15, 0.2) is 18.2 Å². The van der Waals surface area contributed by atoms with Gasteiger partial charge in [-0.1, -0.05) is 12.8 Å².